The normalized spacial score (nSPS) is 15.9. The summed E-state index contributed by atoms with van der Waals surface area (Å²) in [5, 5.41) is 5.70. The van der Waals surface area contributed by atoms with Gasteiger partial charge in [-0.1, -0.05) is 0 Å². The Morgan fingerprint density at radius 1 is 0.964 bits per heavy atom. The van der Waals surface area contributed by atoms with Gasteiger partial charge in [-0.25, -0.2) is 9.59 Å². The number of hydrazone groups is 1. The monoisotopic (exact) mass is 419 g/mol. The van der Waals surface area contributed by atoms with Crippen molar-refractivity contribution in [1.29, 1.82) is 0 Å². The van der Waals surface area contributed by atoms with E-state index in [0.29, 0.717) is 31.1 Å². The van der Waals surface area contributed by atoms with Crippen molar-refractivity contribution in [2.75, 3.05) is 32.1 Å². The molecule has 3 amide bonds. The molecule has 1 fully saturated rings. The minimum atomic E-state index is -0.987. The highest BCUT2D eigenvalue weighted by Gasteiger charge is 2.34. The summed E-state index contributed by atoms with van der Waals surface area (Å²) in [4.78, 5) is 38.8. The highest BCUT2D eigenvalue weighted by atomic mass is 35.5. The second-order valence-corrected chi connectivity index (χ2v) is 8.49. The second-order valence-electron chi connectivity index (χ2n) is 8.22. The van der Waals surface area contributed by atoms with Gasteiger partial charge in [0.2, 0.25) is 11.9 Å². The smallest absolute Gasteiger partial charge is 0.427 e. The third-order valence-corrected chi connectivity index (χ3v) is 3.58. The van der Waals surface area contributed by atoms with Crippen molar-refractivity contribution in [2.24, 2.45) is 10.8 Å². The first-order chi connectivity index (χ1) is 12.7. The number of carbonyl (C=O) groups is 3. The first kappa shape index (κ1) is 23.8. The molecule has 28 heavy (non-hydrogen) atoms. The highest BCUT2D eigenvalue weighted by Crippen LogP contribution is 2.15. The van der Waals surface area contributed by atoms with Gasteiger partial charge in [0.1, 0.15) is 17.1 Å². The number of nitrogens with two attached hydrogens (primary N) is 1. The van der Waals surface area contributed by atoms with Gasteiger partial charge < -0.3 is 20.1 Å². The molecule has 11 heteroatoms. The van der Waals surface area contributed by atoms with Crippen LogP contribution in [0.2, 0.25) is 0 Å². The Balaban J connectivity index is 2.96. The molecule has 10 nitrogen and oxygen atoms in total. The number of rotatable bonds is 2. The number of alkyl halides is 1. The average molecular weight is 420 g/mol. The predicted molar refractivity (Wildman–Crippen MR) is 105 cm³/mol. The number of ether oxygens (including phenoxy) is 2. The van der Waals surface area contributed by atoms with E-state index in [4.69, 9.17) is 26.8 Å². The molecule has 1 heterocycles. The molecule has 0 aliphatic carbocycles. The maximum Gasteiger partial charge on any atom is 0.427 e. The van der Waals surface area contributed by atoms with Gasteiger partial charge in [0.05, 0.1) is 13.1 Å². The maximum absolute atomic E-state index is 12.5. The van der Waals surface area contributed by atoms with Crippen LogP contribution < -0.4 is 5.73 Å². The van der Waals surface area contributed by atoms with Crippen LogP contribution in [-0.4, -0.2) is 82.1 Å². The molecule has 160 valence electrons. The molecule has 0 aromatic heterocycles. The topological polar surface area (TPSA) is 118 Å². The molecular weight excluding hydrogens is 390 g/mol. The van der Waals surface area contributed by atoms with Gasteiger partial charge in [-0.2, -0.15) is 0 Å². The van der Waals surface area contributed by atoms with E-state index < -0.39 is 23.4 Å². The van der Waals surface area contributed by atoms with Gasteiger partial charge >= 0.3 is 12.2 Å². The lowest BCUT2D eigenvalue weighted by Gasteiger charge is -2.33. The van der Waals surface area contributed by atoms with Crippen molar-refractivity contribution in [2.45, 2.75) is 52.7 Å². The SMILES string of the molecule is CC(C)(C)OC(=O)N(C(=O)OC(C)(C)C)C(N)=NN1CCN(C(=O)CCl)CC1. The summed E-state index contributed by atoms with van der Waals surface area (Å²) in [5.74, 6) is -0.626. The van der Waals surface area contributed by atoms with E-state index in [0.717, 1.165) is 0 Å². The largest absolute Gasteiger partial charge is 0.443 e. The Hall–Kier alpha value is -2.23. The van der Waals surface area contributed by atoms with Crippen LogP contribution in [0.25, 0.3) is 0 Å². The van der Waals surface area contributed by atoms with Gasteiger partial charge in [-0.3, -0.25) is 9.80 Å². The Bertz CT molecular complexity index is 590. The predicted octanol–water partition coefficient (Wildman–Crippen LogP) is 1.77. The molecule has 0 spiro atoms. The van der Waals surface area contributed by atoms with Crippen molar-refractivity contribution in [3.63, 3.8) is 0 Å². The van der Waals surface area contributed by atoms with Gasteiger partial charge in [-0.15, -0.1) is 21.6 Å². The maximum atomic E-state index is 12.5. The minimum absolute atomic E-state index is 0.0868. The van der Waals surface area contributed by atoms with Gasteiger partial charge in [0.25, 0.3) is 0 Å². The first-order valence-electron chi connectivity index (χ1n) is 8.92. The molecule has 0 aromatic carbocycles. The van der Waals surface area contributed by atoms with Crippen molar-refractivity contribution in [3.8, 4) is 0 Å². The minimum Gasteiger partial charge on any atom is -0.443 e. The first-order valence-corrected chi connectivity index (χ1v) is 9.46. The van der Waals surface area contributed by atoms with E-state index >= 15 is 0 Å². The zero-order valence-corrected chi connectivity index (χ0v) is 18.1. The van der Waals surface area contributed by atoms with E-state index in [1.54, 1.807) is 51.5 Å². The van der Waals surface area contributed by atoms with Crippen LogP contribution >= 0.6 is 11.6 Å². The Kier molecular flexibility index (Phi) is 7.92. The van der Waals surface area contributed by atoms with Crippen molar-refractivity contribution >= 4 is 35.7 Å². The summed E-state index contributed by atoms with van der Waals surface area (Å²) < 4.78 is 10.5. The molecule has 1 aliphatic heterocycles. The summed E-state index contributed by atoms with van der Waals surface area (Å²) >= 11 is 5.56. The van der Waals surface area contributed by atoms with Gasteiger partial charge in [0, 0.05) is 13.1 Å². The highest BCUT2D eigenvalue weighted by molar-refractivity contribution is 6.27. The average Bonchev–Trinajstić information content (AvgIpc) is 2.51. The Morgan fingerprint density at radius 2 is 1.39 bits per heavy atom. The summed E-state index contributed by atoms with van der Waals surface area (Å²) in [6, 6.07) is 0. The van der Waals surface area contributed by atoms with E-state index in [1.165, 1.54) is 0 Å². The third kappa shape index (κ3) is 7.79. The van der Waals surface area contributed by atoms with Crippen molar-refractivity contribution in [3.05, 3.63) is 0 Å². The molecule has 2 N–H and O–H groups in total. The fourth-order valence-corrected chi connectivity index (χ4v) is 2.37. The molecule has 0 aromatic rings. The number of guanidine groups is 1. The lowest BCUT2D eigenvalue weighted by molar-refractivity contribution is -0.130. The van der Waals surface area contributed by atoms with Crippen LogP contribution in [0, 0.1) is 0 Å². The fraction of sp³-hybridized carbons (Fsp3) is 0.765. The van der Waals surface area contributed by atoms with E-state index in [2.05, 4.69) is 5.10 Å². The number of amides is 3. The van der Waals surface area contributed by atoms with Crippen molar-refractivity contribution in [1.82, 2.24) is 14.8 Å². The summed E-state index contributed by atoms with van der Waals surface area (Å²) in [6.45, 7) is 11.5. The van der Waals surface area contributed by atoms with Crippen molar-refractivity contribution < 1.29 is 23.9 Å². The number of piperazine rings is 1. The third-order valence-electron chi connectivity index (χ3n) is 3.35. The lowest BCUT2D eigenvalue weighted by atomic mass is 10.2. The second kappa shape index (κ2) is 9.31. The van der Waals surface area contributed by atoms with E-state index in [1.807, 2.05) is 0 Å². The number of imide groups is 1. The zero-order chi connectivity index (χ0) is 21.7. The summed E-state index contributed by atoms with van der Waals surface area (Å²) in [6.07, 6.45) is -1.97. The Labute approximate surface area is 170 Å². The number of hydrogen-bond donors (Lipinski definition) is 1. The number of halogens is 1. The molecular formula is C17H30ClN5O5. The van der Waals surface area contributed by atoms with Gasteiger partial charge in [-0.05, 0) is 41.5 Å². The molecule has 0 saturated carbocycles. The number of nitrogens with zero attached hydrogens (tertiary/aromatic N) is 4. The lowest BCUT2D eigenvalue weighted by Crippen LogP contribution is -2.52. The summed E-state index contributed by atoms with van der Waals surface area (Å²) in [7, 11) is 0. The zero-order valence-electron chi connectivity index (χ0n) is 17.3. The van der Waals surface area contributed by atoms with Crippen LogP contribution in [-0.2, 0) is 14.3 Å². The molecule has 0 unspecified atom stereocenters. The van der Waals surface area contributed by atoms with E-state index in [-0.39, 0.29) is 17.7 Å². The standard InChI is InChI=1S/C17H30ClN5O5/c1-16(2,3)27-14(25)23(15(26)28-17(4,5)6)13(19)20-22-9-7-21(8-10-22)12(24)11-18/h7-11H2,1-6H3,(H2,19,20). The van der Waals surface area contributed by atoms with Crippen LogP contribution in [0.3, 0.4) is 0 Å². The molecule has 1 aliphatic rings. The fourth-order valence-electron chi connectivity index (χ4n) is 2.20. The quantitative estimate of drug-likeness (QED) is 0.411. The van der Waals surface area contributed by atoms with Gasteiger partial charge in [0.15, 0.2) is 0 Å². The molecule has 0 radical (unpaired) electrons. The summed E-state index contributed by atoms with van der Waals surface area (Å²) in [5.41, 5.74) is 4.26. The van der Waals surface area contributed by atoms with Crippen LogP contribution in [0.4, 0.5) is 9.59 Å². The van der Waals surface area contributed by atoms with E-state index in [9.17, 15) is 14.4 Å². The van der Waals surface area contributed by atoms with Crippen LogP contribution in [0.15, 0.2) is 5.10 Å². The molecule has 0 bridgehead atoms. The molecule has 1 saturated heterocycles. The Morgan fingerprint density at radius 3 is 1.75 bits per heavy atom. The number of hydrogen-bond acceptors (Lipinski definition) is 7. The van der Waals surface area contributed by atoms with Crippen LogP contribution in [0.5, 0.6) is 0 Å². The number of carbonyl (C=O) groups excluding carboxylic acids is 3. The van der Waals surface area contributed by atoms with Crippen LogP contribution in [0.1, 0.15) is 41.5 Å². The molecule has 1 rings (SSSR count). The molecule has 0 atom stereocenters.